The van der Waals surface area contributed by atoms with Gasteiger partial charge in [0, 0.05) is 71.4 Å². The van der Waals surface area contributed by atoms with Crippen molar-refractivity contribution < 1.29 is 8.83 Å². The average Bonchev–Trinajstić information content (AvgIpc) is 4.23. The Hall–Kier alpha value is -8.40. The van der Waals surface area contributed by atoms with Gasteiger partial charge in [-0.15, -0.1) is 0 Å². The molecular formula is C72H55NO2. The van der Waals surface area contributed by atoms with E-state index in [1.807, 2.05) is 0 Å². The molecular weight excluding hydrogens is 911 g/mol. The molecule has 0 atom stereocenters. The first kappa shape index (κ1) is 43.0. The zero-order chi connectivity index (χ0) is 50.7. The van der Waals surface area contributed by atoms with Crippen molar-refractivity contribution in [2.45, 2.75) is 77.0 Å². The molecule has 2 aromatic heterocycles. The fourth-order valence-electron chi connectivity index (χ4n) is 14.6. The van der Waals surface area contributed by atoms with E-state index in [4.69, 9.17) is 8.83 Å². The van der Waals surface area contributed by atoms with Gasteiger partial charge in [0.1, 0.15) is 22.3 Å². The largest absolute Gasteiger partial charge is 0.455 e. The van der Waals surface area contributed by atoms with Gasteiger partial charge >= 0.3 is 0 Å². The van der Waals surface area contributed by atoms with E-state index in [0.717, 1.165) is 39.4 Å². The molecule has 0 N–H and O–H groups in total. The van der Waals surface area contributed by atoms with Gasteiger partial charge in [0.05, 0.1) is 0 Å². The van der Waals surface area contributed by atoms with Crippen LogP contribution in [0.1, 0.15) is 99.9 Å². The van der Waals surface area contributed by atoms with Crippen molar-refractivity contribution >= 4 is 60.9 Å². The van der Waals surface area contributed by atoms with E-state index in [2.05, 4.69) is 248 Å². The monoisotopic (exact) mass is 965 g/mol. The molecule has 0 unspecified atom stereocenters. The van der Waals surface area contributed by atoms with Crippen molar-refractivity contribution in [2.75, 3.05) is 4.90 Å². The molecule has 0 amide bonds. The number of fused-ring (bicyclic) bond motifs is 20. The van der Waals surface area contributed by atoms with Crippen LogP contribution in [0.4, 0.5) is 17.1 Å². The highest BCUT2D eigenvalue weighted by Gasteiger charge is 2.45. The smallest absolute Gasteiger partial charge is 0.143 e. The summed E-state index contributed by atoms with van der Waals surface area (Å²) in [5.74, 6) is 0. The van der Waals surface area contributed by atoms with Crippen LogP contribution in [-0.4, -0.2) is 0 Å². The Morgan fingerprint density at radius 1 is 0.280 bits per heavy atom. The number of anilines is 3. The molecule has 10 aromatic carbocycles. The summed E-state index contributed by atoms with van der Waals surface area (Å²) in [6, 6.07) is 70.5. The Balaban J connectivity index is 0.836. The number of furan rings is 2. The summed E-state index contributed by atoms with van der Waals surface area (Å²) in [5.41, 5.74) is 29.9. The summed E-state index contributed by atoms with van der Waals surface area (Å²) >= 11 is 0. The highest BCUT2D eigenvalue weighted by molar-refractivity contribution is 6.13. The maximum Gasteiger partial charge on any atom is 0.143 e. The third-order valence-electron chi connectivity index (χ3n) is 18.7. The molecule has 4 aliphatic carbocycles. The Kier molecular flexibility index (Phi) is 8.18. The summed E-state index contributed by atoms with van der Waals surface area (Å²) < 4.78 is 13.5. The van der Waals surface area contributed by atoms with Crippen molar-refractivity contribution in [3.63, 3.8) is 0 Å². The van der Waals surface area contributed by atoms with Crippen molar-refractivity contribution in [1.82, 2.24) is 0 Å². The maximum atomic E-state index is 6.75. The Morgan fingerprint density at radius 3 is 1.13 bits per heavy atom. The first-order valence-corrected chi connectivity index (χ1v) is 26.7. The predicted molar refractivity (Wildman–Crippen MR) is 311 cm³/mol. The number of nitrogens with zero attached hydrogens (tertiary/aromatic N) is 1. The van der Waals surface area contributed by atoms with Gasteiger partial charge in [0.2, 0.25) is 0 Å². The molecule has 0 fully saturated rings. The van der Waals surface area contributed by atoms with Gasteiger partial charge in [-0.2, -0.15) is 0 Å². The van der Waals surface area contributed by atoms with E-state index in [-0.39, 0.29) is 21.7 Å². The summed E-state index contributed by atoms with van der Waals surface area (Å²) in [4.78, 5) is 2.49. The van der Waals surface area contributed by atoms with Gasteiger partial charge < -0.3 is 13.7 Å². The van der Waals surface area contributed by atoms with Crippen molar-refractivity contribution in [2.24, 2.45) is 0 Å². The van der Waals surface area contributed by atoms with Crippen LogP contribution in [0.2, 0.25) is 0 Å². The van der Waals surface area contributed by atoms with Crippen molar-refractivity contribution in [3.05, 3.63) is 233 Å². The molecule has 0 bridgehead atoms. The number of para-hydroxylation sites is 2. The van der Waals surface area contributed by atoms with Crippen LogP contribution in [0.3, 0.4) is 0 Å². The van der Waals surface area contributed by atoms with Crippen LogP contribution >= 0.6 is 0 Å². The minimum Gasteiger partial charge on any atom is -0.455 e. The van der Waals surface area contributed by atoms with Crippen LogP contribution in [0, 0.1) is 0 Å². The van der Waals surface area contributed by atoms with Crippen LogP contribution < -0.4 is 4.90 Å². The summed E-state index contributed by atoms with van der Waals surface area (Å²) in [6.07, 6.45) is 0. The zero-order valence-electron chi connectivity index (χ0n) is 43.7. The van der Waals surface area contributed by atoms with E-state index in [0.29, 0.717) is 0 Å². The van der Waals surface area contributed by atoms with Crippen molar-refractivity contribution in [3.8, 4) is 55.6 Å². The SMILES string of the molecule is CC1(C)c2cc(N(c3ccc(-c4ccccc4)cc3)c3ccc4c(c3)C(C)(C)c3cc5c(cc3-4)C(C)(C)c3ccc4c(oc6ccccc64)c3-5)ccc2-c2cc3c(cc21)-c1c(ccc2c1oc1ccccc12)C3(C)C. The molecule has 3 heteroatoms. The van der Waals surface area contributed by atoms with Gasteiger partial charge in [0.15, 0.2) is 0 Å². The highest BCUT2D eigenvalue weighted by Crippen LogP contribution is 2.61. The second-order valence-corrected chi connectivity index (χ2v) is 24.0. The van der Waals surface area contributed by atoms with Gasteiger partial charge in [-0.25, -0.2) is 0 Å². The minimum atomic E-state index is -0.268. The molecule has 0 aliphatic heterocycles. The van der Waals surface area contributed by atoms with Crippen LogP contribution in [0.25, 0.3) is 99.5 Å². The summed E-state index contributed by atoms with van der Waals surface area (Å²) in [7, 11) is 0. The summed E-state index contributed by atoms with van der Waals surface area (Å²) in [5, 5.41) is 4.70. The van der Waals surface area contributed by atoms with E-state index in [9.17, 15) is 0 Å². The van der Waals surface area contributed by atoms with Gasteiger partial charge in [-0.05, 0) is 162 Å². The molecule has 0 radical (unpaired) electrons. The topological polar surface area (TPSA) is 29.5 Å². The first-order valence-electron chi connectivity index (χ1n) is 26.7. The first-order chi connectivity index (χ1) is 36.2. The standard InChI is InChI=1S/C72H55NO2/c1-69(2)55-32-30-49-47-18-12-14-20-63(47)74-67(49)65(55)53-38-59-51(36-61(53)69)45-28-26-43(34-57(45)71(59,5)6)73(42-24-22-41(23-25-42)40-16-10-9-11-17-40)44-27-29-46-52-37-62-54(39-60(52)72(7,8)58(46)35-44)66-56(70(62,3)4)33-31-50-48-19-13-15-21-64(48)75-68(50)66/h9-39H,1-8H3. The van der Waals surface area contributed by atoms with E-state index >= 15 is 0 Å². The van der Waals surface area contributed by atoms with Crippen LogP contribution in [0.15, 0.2) is 197 Å². The number of benzene rings is 10. The maximum absolute atomic E-state index is 6.75. The molecule has 2 heterocycles. The summed E-state index contributed by atoms with van der Waals surface area (Å²) in [6.45, 7) is 19.2. The van der Waals surface area contributed by atoms with E-state index in [1.54, 1.807) is 0 Å². The molecule has 16 rings (SSSR count). The lowest BCUT2D eigenvalue weighted by Crippen LogP contribution is -2.18. The Bertz CT molecular complexity index is 4270. The van der Waals surface area contributed by atoms with E-state index in [1.165, 1.54) is 122 Å². The van der Waals surface area contributed by atoms with Crippen LogP contribution in [0.5, 0.6) is 0 Å². The number of hydrogen-bond donors (Lipinski definition) is 0. The molecule has 3 nitrogen and oxygen atoms in total. The Morgan fingerprint density at radius 2 is 0.653 bits per heavy atom. The molecule has 360 valence electrons. The Labute approximate surface area is 437 Å². The van der Waals surface area contributed by atoms with Crippen LogP contribution in [-0.2, 0) is 21.7 Å². The van der Waals surface area contributed by atoms with Gasteiger partial charge in [0.25, 0.3) is 0 Å². The quantitative estimate of drug-likeness (QED) is 0.176. The van der Waals surface area contributed by atoms with Gasteiger partial charge in [-0.1, -0.05) is 171 Å². The fraction of sp³-hybridized carbons (Fsp3) is 0.167. The number of hydrogen-bond acceptors (Lipinski definition) is 3. The minimum absolute atomic E-state index is 0.189. The zero-order valence-corrected chi connectivity index (χ0v) is 43.7. The van der Waals surface area contributed by atoms with Gasteiger partial charge in [-0.3, -0.25) is 0 Å². The number of rotatable bonds is 4. The lowest BCUT2D eigenvalue weighted by Gasteiger charge is -2.30. The molecule has 0 spiro atoms. The highest BCUT2D eigenvalue weighted by atomic mass is 16.3. The molecule has 12 aromatic rings. The lowest BCUT2D eigenvalue weighted by atomic mass is 9.79. The van der Waals surface area contributed by atoms with E-state index < -0.39 is 0 Å². The van der Waals surface area contributed by atoms with Crippen molar-refractivity contribution in [1.29, 1.82) is 0 Å². The predicted octanol–water partition coefficient (Wildman–Crippen LogP) is 19.8. The molecule has 4 aliphatic rings. The second kappa shape index (κ2) is 14.3. The third-order valence-corrected chi connectivity index (χ3v) is 18.7. The third kappa shape index (κ3) is 5.50. The molecule has 0 saturated heterocycles. The fourth-order valence-corrected chi connectivity index (χ4v) is 14.6. The normalized spacial score (nSPS) is 16.2. The second-order valence-electron chi connectivity index (χ2n) is 24.0. The molecule has 0 saturated carbocycles. The lowest BCUT2D eigenvalue weighted by molar-refractivity contribution is 0.649. The average molecular weight is 966 g/mol. The molecule has 75 heavy (non-hydrogen) atoms.